The molecule has 96 valence electrons. The highest BCUT2D eigenvalue weighted by atomic mass is 79.9. The van der Waals surface area contributed by atoms with Gasteiger partial charge in [-0.15, -0.1) is 11.3 Å². The summed E-state index contributed by atoms with van der Waals surface area (Å²) < 4.78 is 0.994. The molecule has 2 aromatic rings. The van der Waals surface area contributed by atoms with Crippen LogP contribution in [0.5, 0.6) is 0 Å². The average molecular weight is 326 g/mol. The van der Waals surface area contributed by atoms with Crippen LogP contribution in [0, 0.1) is 20.8 Å². The van der Waals surface area contributed by atoms with E-state index in [2.05, 4.69) is 27.8 Å². The van der Waals surface area contributed by atoms with Crippen molar-refractivity contribution >= 4 is 27.3 Å². The Morgan fingerprint density at radius 2 is 2.06 bits per heavy atom. The number of hydrogen-bond donors (Lipinski definition) is 1. The Morgan fingerprint density at radius 3 is 2.67 bits per heavy atom. The third kappa shape index (κ3) is 2.99. The van der Waals surface area contributed by atoms with Crippen molar-refractivity contribution in [3.8, 4) is 0 Å². The summed E-state index contributed by atoms with van der Waals surface area (Å²) in [6.07, 6.45) is 0.0869. The van der Waals surface area contributed by atoms with Gasteiger partial charge in [0.2, 0.25) is 0 Å². The summed E-state index contributed by atoms with van der Waals surface area (Å²) in [6, 6.07) is 5.98. The van der Waals surface area contributed by atoms with E-state index < -0.39 is 6.10 Å². The second kappa shape index (κ2) is 5.51. The maximum absolute atomic E-state index is 10.3. The molecule has 0 amide bonds. The van der Waals surface area contributed by atoms with E-state index >= 15 is 0 Å². The first-order chi connectivity index (χ1) is 8.47. The molecule has 2 nitrogen and oxygen atoms in total. The van der Waals surface area contributed by atoms with Gasteiger partial charge in [0.05, 0.1) is 16.8 Å². The van der Waals surface area contributed by atoms with Crippen molar-refractivity contribution in [3.63, 3.8) is 0 Å². The SMILES string of the molecule is Cc1ccc(Br)cc1C(O)Cc1nc(C)c(C)s1. The highest BCUT2D eigenvalue weighted by Crippen LogP contribution is 2.27. The Hall–Kier alpha value is -0.710. The lowest BCUT2D eigenvalue weighted by Crippen LogP contribution is -2.03. The number of thiazole rings is 1. The molecule has 0 radical (unpaired) electrons. The van der Waals surface area contributed by atoms with E-state index in [1.54, 1.807) is 11.3 Å². The van der Waals surface area contributed by atoms with Gasteiger partial charge in [-0.2, -0.15) is 0 Å². The molecule has 18 heavy (non-hydrogen) atoms. The Balaban J connectivity index is 2.21. The fraction of sp³-hybridized carbons (Fsp3) is 0.357. The molecule has 1 unspecified atom stereocenters. The number of nitrogens with zero attached hydrogens (tertiary/aromatic N) is 1. The summed E-state index contributed by atoms with van der Waals surface area (Å²) in [5.74, 6) is 0. The Labute approximate surface area is 120 Å². The summed E-state index contributed by atoms with van der Waals surface area (Å²) >= 11 is 5.11. The number of halogens is 1. The minimum Gasteiger partial charge on any atom is -0.388 e. The maximum Gasteiger partial charge on any atom is 0.0960 e. The fourth-order valence-electron chi connectivity index (χ4n) is 1.87. The average Bonchev–Trinajstić information content (AvgIpc) is 2.61. The topological polar surface area (TPSA) is 33.1 Å². The van der Waals surface area contributed by atoms with E-state index in [1.807, 2.05) is 32.0 Å². The number of aromatic nitrogens is 1. The van der Waals surface area contributed by atoms with Crippen LogP contribution in [-0.4, -0.2) is 10.1 Å². The summed E-state index contributed by atoms with van der Waals surface area (Å²) in [5.41, 5.74) is 3.14. The molecule has 1 aromatic carbocycles. The van der Waals surface area contributed by atoms with Crippen LogP contribution in [0.3, 0.4) is 0 Å². The fourth-order valence-corrected chi connectivity index (χ4v) is 3.22. The third-order valence-corrected chi connectivity index (χ3v) is 4.63. The van der Waals surface area contributed by atoms with Crippen molar-refractivity contribution in [1.82, 2.24) is 4.98 Å². The van der Waals surface area contributed by atoms with Crippen molar-refractivity contribution < 1.29 is 5.11 Å². The largest absolute Gasteiger partial charge is 0.388 e. The molecule has 0 aliphatic rings. The maximum atomic E-state index is 10.3. The lowest BCUT2D eigenvalue weighted by atomic mass is 10.0. The molecule has 1 N–H and O–H groups in total. The van der Waals surface area contributed by atoms with Gasteiger partial charge in [-0.3, -0.25) is 0 Å². The van der Waals surface area contributed by atoms with Crippen molar-refractivity contribution in [2.24, 2.45) is 0 Å². The van der Waals surface area contributed by atoms with E-state index in [1.165, 1.54) is 4.88 Å². The van der Waals surface area contributed by atoms with E-state index in [4.69, 9.17) is 0 Å². The molecule has 0 fully saturated rings. The number of benzene rings is 1. The predicted molar refractivity (Wildman–Crippen MR) is 79.1 cm³/mol. The van der Waals surface area contributed by atoms with Crippen LogP contribution < -0.4 is 0 Å². The summed E-state index contributed by atoms with van der Waals surface area (Å²) in [5, 5.41) is 11.3. The van der Waals surface area contributed by atoms with Gasteiger partial charge in [0.15, 0.2) is 0 Å². The van der Waals surface area contributed by atoms with Crippen LogP contribution in [0.1, 0.15) is 32.8 Å². The van der Waals surface area contributed by atoms with Crippen LogP contribution in [0.25, 0.3) is 0 Å². The molecule has 1 heterocycles. The van der Waals surface area contributed by atoms with Gasteiger partial charge in [0, 0.05) is 15.8 Å². The summed E-state index contributed by atoms with van der Waals surface area (Å²) in [6.45, 7) is 6.09. The summed E-state index contributed by atoms with van der Waals surface area (Å²) in [4.78, 5) is 5.70. The van der Waals surface area contributed by atoms with Crippen LogP contribution in [0.4, 0.5) is 0 Å². The normalized spacial score (nSPS) is 12.7. The molecule has 0 saturated heterocycles. The molecule has 0 saturated carbocycles. The van der Waals surface area contributed by atoms with Crippen LogP contribution in [-0.2, 0) is 6.42 Å². The number of hydrogen-bond acceptors (Lipinski definition) is 3. The molecule has 2 rings (SSSR count). The van der Waals surface area contributed by atoms with E-state index in [0.29, 0.717) is 6.42 Å². The van der Waals surface area contributed by atoms with Gasteiger partial charge in [-0.1, -0.05) is 22.0 Å². The second-order valence-corrected chi connectivity index (χ2v) is 6.67. The standard InChI is InChI=1S/C14H16BrNOS/c1-8-4-5-11(15)6-12(8)13(17)7-14-16-9(2)10(3)18-14/h4-6,13,17H,7H2,1-3H3. The minimum atomic E-state index is -0.493. The number of aliphatic hydroxyl groups excluding tert-OH is 1. The van der Waals surface area contributed by atoms with Crippen molar-refractivity contribution in [3.05, 3.63) is 49.4 Å². The van der Waals surface area contributed by atoms with Crippen LogP contribution in [0.15, 0.2) is 22.7 Å². The molecule has 4 heteroatoms. The quantitative estimate of drug-likeness (QED) is 0.921. The van der Waals surface area contributed by atoms with Gasteiger partial charge in [0.1, 0.15) is 0 Å². The highest BCUT2D eigenvalue weighted by Gasteiger charge is 2.14. The molecule has 0 spiro atoms. The third-order valence-electron chi connectivity index (χ3n) is 3.04. The number of aliphatic hydroxyl groups is 1. The lowest BCUT2D eigenvalue weighted by molar-refractivity contribution is 0.177. The Bertz CT molecular complexity index is 545. The van der Waals surface area contributed by atoms with E-state index in [0.717, 1.165) is 26.3 Å². The van der Waals surface area contributed by atoms with Crippen LogP contribution in [0.2, 0.25) is 0 Å². The first-order valence-corrected chi connectivity index (χ1v) is 7.45. The molecular formula is C14H16BrNOS. The molecule has 1 aromatic heterocycles. The Morgan fingerprint density at radius 1 is 1.33 bits per heavy atom. The van der Waals surface area contributed by atoms with Gasteiger partial charge in [-0.05, 0) is 44.0 Å². The van der Waals surface area contributed by atoms with E-state index in [9.17, 15) is 5.11 Å². The van der Waals surface area contributed by atoms with E-state index in [-0.39, 0.29) is 0 Å². The zero-order valence-corrected chi connectivity index (χ0v) is 13.1. The van der Waals surface area contributed by atoms with Crippen molar-refractivity contribution in [2.45, 2.75) is 33.3 Å². The van der Waals surface area contributed by atoms with Crippen LogP contribution >= 0.6 is 27.3 Å². The first-order valence-electron chi connectivity index (χ1n) is 5.84. The van der Waals surface area contributed by atoms with Gasteiger partial charge < -0.3 is 5.11 Å². The zero-order valence-electron chi connectivity index (χ0n) is 10.7. The summed E-state index contributed by atoms with van der Waals surface area (Å²) in [7, 11) is 0. The molecule has 1 atom stereocenters. The molecule has 0 aliphatic carbocycles. The minimum absolute atomic E-state index is 0.493. The smallest absolute Gasteiger partial charge is 0.0960 e. The van der Waals surface area contributed by atoms with Gasteiger partial charge in [0.25, 0.3) is 0 Å². The first kappa shape index (κ1) is 13.7. The highest BCUT2D eigenvalue weighted by molar-refractivity contribution is 9.10. The molecular weight excluding hydrogens is 310 g/mol. The Kier molecular flexibility index (Phi) is 4.20. The monoisotopic (exact) mass is 325 g/mol. The predicted octanol–water partition coefficient (Wildman–Crippen LogP) is 4.11. The number of rotatable bonds is 3. The van der Waals surface area contributed by atoms with Crippen molar-refractivity contribution in [1.29, 1.82) is 0 Å². The van der Waals surface area contributed by atoms with Crippen molar-refractivity contribution in [2.75, 3.05) is 0 Å². The second-order valence-electron chi connectivity index (χ2n) is 4.47. The van der Waals surface area contributed by atoms with Gasteiger partial charge >= 0.3 is 0 Å². The molecule has 0 aliphatic heterocycles. The zero-order chi connectivity index (χ0) is 13.3. The lowest BCUT2D eigenvalue weighted by Gasteiger charge is -2.12. The number of aryl methyl sites for hydroxylation is 3. The molecule has 0 bridgehead atoms. The van der Waals surface area contributed by atoms with Gasteiger partial charge in [-0.25, -0.2) is 4.98 Å².